The van der Waals surface area contributed by atoms with Gasteiger partial charge in [0.1, 0.15) is 12.2 Å². The fourth-order valence-electron chi connectivity index (χ4n) is 1.45. The molecule has 1 fully saturated rings. The highest BCUT2D eigenvalue weighted by atomic mass is 32.1. The standard InChI is InChI=1S/C9H18O5S/c1-4(2)13-9-7(12)8(15)6(11)5(3-10)14-9/h4-12,15H,3H2,1-2H3/t5-,6-,7-,8+,9?/m1/s1. The van der Waals surface area contributed by atoms with Crippen molar-refractivity contribution in [3.05, 3.63) is 0 Å². The summed E-state index contributed by atoms with van der Waals surface area (Å²) in [4.78, 5) is 0. The summed E-state index contributed by atoms with van der Waals surface area (Å²) < 4.78 is 10.5. The molecule has 1 heterocycles. The van der Waals surface area contributed by atoms with Gasteiger partial charge in [-0.25, -0.2) is 0 Å². The maximum Gasteiger partial charge on any atom is 0.185 e. The number of thiol groups is 1. The van der Waals surface area contributed by atoms with Crippen LogP contribution in [-0.2, 0) is 9.47 Å². The van der Waals surface area contributed by atoms with Crippen molar-refractivity contribution >= 4 is 12.6 Å². The van der Waals surface area contributed by atoms with Crippen molar-refractivity contribution in [3.63, 3.8) is 0 Å². The van der Waals surface area contributed by atoms with Crippen LogP contribution in [0.15, 0.2) is 0 Å². The summed E-state index contributed by atoms with van der Waals surface area (Å²) in [7, 11) is 0. The minimum atomic E-state index is -1.01. The van der Waals surface area contributed by atoms with Crippen LogP contribution >= 0.6 is 12.6 Å². The Morgan fingerprint density at radius 3 is 2.40 bits per heavy atom. The summed E-state index contributed by atoms with van der Waals surface area (Å²) in [5.41, 5.74) is 0. The van der Waals surface area contributed by atoms with Crippen LogP contribution in [0.2, 0.25) is 0 Å². The number of aliphatic hydroxyl groups is 3. The SMILES string of the molecule is CC(C)OC1O[C@H](CO)[C@@H](O)[C@H](S)[C@H]1O. The first-order chi connectivity index (χ1) is 6.97. The number of hydrogen-bond acceptors (Lipinski definition) is 6. The normalized spacial score (nSPS) is 42.2. The molecule has 1 unspecified atom stereocenters. The van der Waals surface area contributed by atoms with Crippen molar-refractivity contribution in [3.8, 4) is 0 Å². The molecule has 5 nitrogen and oxygen atoms in total. The molecule has 3 N–H and O–H groups in total. The summed E-state index contributed by atoms with van der Waals surface area (Å²) in [5.74, 6) is 0. The van der Waals surface area contributed by atoms with Crippen LogP contribution in [0.4, 0.5) is 0 Å². The fraction of sp³-hybridized carbons (Fsp3) is 1.00. The van der Waals surface area contributed by atoms with E-state index in [0.717, 1.165) is 0 Å². The van der Waals surface area contributed by atoms with E-state index in [9.17, 15) is 10.2 Å². The molecule has 5 atom stereocenters. The highest BCUT2D eigenvalue weighted by Gasteiger charge is 2.43. The summed E-state index contributed by atoms with van der Waals surface area (Å²) in [6.07, 6.45) is -3.73. The molecule has 1 aliphatic rings. The Labute approximate surface area is 94.4 Å². The minimum Gasteiger partial charge on any atom is -0.394 e. The van der Waals surface area contributed by atoms with Gasteiger partial charge in [-0.1, -0.05) is 0 Å². The third kappa shape index (κ3) is 3.05. The van der Waals surface area contributed by atoms with E-state index in [-0.39, 0.29) is 12.7 Å². The van der Waals surface area contributed by atoms with Gasteiger partial charge < -0.3 is 24.8 Å². The van der Waals surface area contributed by atoms with Crippen LogP contribution in [0.25, 0.3) is 0 Å². The molecule has 1 saturated heterocycles. The third-order valence-electron chi connectivity index (χ3n) is 2.25. The van der Waals surface area contributed by atoms with Crippen LogP contribution in [-0.4, -0.2) is 57.9 Å². The van der Waals surface area contributed by atoms with Crippen LogP contribution in [0, 0.1) is 0 Å². The Kier molecular flexibility index (Phi) is 4.82. The second-order valence-corrected chi connectivity index (χ2v) is 4.48. The van der Waals surface area contributed by atoms with E-state index in [0.29, 0.717) is 0 Å². The van der Waals surface area contributed by atoms with Gasteiger partial charge in [-0.2, -0.15) is 12.6 Å². The molecule has 0 radical (unpaired) electrons. The van der Waals surface area contributed by atoms with Crippen molar-refractivity contribution in [1.29, 1.82) is 0 Å². The average Bonchev–Trinajstić information content (AvgIpc) is 2.18. The number of hydrogen-bond donors (Lipinski definition) is 4. The number of ether oxygens (including phenoxy) is 2. The van der Waals surface area contributed by atoms with Gasteiger partial charge in [0, 0.05) is 0 Å². The first-order valence-electron chi connectivity index (χ1n) is 4.93. The first-order valence-corrected chi connectivity index (χ1v) is 5.45. The van der Waals surface area contributed by atoms with Gasteiger partial charge in [-0.3, -0.25) is 0 Å². The molecule has 6 heteroatoms. The van der Waals surface area contributed by atoms with E-state index < -0.39 is 29.9 Å². The van der Waals surface area contributed by atoms with Crippen molar-refractivity contribution < 1.29 is 24.8 Å². The van der Waals surface area contributed by atoms with Gasteiger partial charge >= 0.3 is 0 Å². The van der Waals surface area contributed by atoms with Crippen LogP contribution < -0.4 is 0 Å². The largest absolute Gasteiger partial charge is 0.394 e. The molecule has 1 rings (SSSR count). The lowest BCUT2D eigenvalue weighted by Crippen LogP contribution is -2.57. The molecule has 0 aliphatic carbocycles. The van der Waals surface area contributed by atoms with Crippen molar-refractivity contribution in [1.82, 2.24) is 0 Å². The molecule has 0 saturated carbocycles. The second kappa shape index (κ2) is 5.47. The molecule has 0 aromatic heterocycles. The lowest BCUT2D eigenvalue weighted by Gasteiger charge is -2.40. The summed E-state index contributed by atoms with van der Waals surface area (Å²) in [5, 5.41) is 27.6. The summed E-state index contributed by atoms with van der Waals surface area (Å²) >= 11 is 4.07. The summed E-state index contributed by atoms with van der Waals surface area (Å²) in [6.45, 7) is 3.29. The molecule has 0 spiro atoms. The quantitative estimate of drug-likeness (QED) is 0.482. The zero-order valence-corrected chi connectivity index (χ0v) is 9.67. The fourth-order valence-corrected chi connectivity index (χ4v) is 1.78. The van der Waals surface area contributed by atoms with E-state index in [1.54, 1.807) is 0 Å². The minimum absolute atomic E-state index is 0.111. The Bertz CT molecular complexity index is 199. The van der Waals surface area contributed by atoms with Crippen molar-refractivity contribution in [2.24, 2.45) is 0 Å². The number of aliphatic hydroxyl groups excluding tert-OH is 3. The molecule has 0 aromatic carbocycles. The van der Waals surface area contributed by atoms with E-state index in [1.165, 1.54) is 0 Å². The molecule has 0 aromatic rings. The molecule has 0 bridgehead atoms. The monoisotopic (exact) mass is 238 g/mol. The van der Waals surface area contributed by atoms with E-state index in [1.807, 2.05) is 13.8 Å². The maximum atomic E-state index is 9.70. The van der Waals surface area contributed by atoms with Gasteiger partial charge in [0.25, 0.3) is 0 Å². The first kappa shape index (κ1) is 13.2. The molecular weight excluding hydrogens is 220 g/mol. The zero-order valence-electron chi connectivity index (χ0n) is 8.78. The topological polar surface area (TPSA) is 79.2 Å². The molecule has 1 aliphatic heterocycles. The lowest BCUT2D eigenvalue weighted by molar-refractivity contribution is -0.276. The number of rotatable bonds is 3. The zero-order chi connectivity index (χ0) is 11.6. The van der Waals surface area contributed by atoms with Gasteiger partial charge in [-0.05, 0) is 13.8 Å². The Balaban J connectivity index is 2.65. The highest BCUT2D eigenvalue weighted by Crippen LogP contribution is 2.26. The van der Waals surface area contributed by atoms with Crippen LogP contribution in [0.1, 0.15) is 13.8 Å². The Hall–Kier alpha value is 0.150. The van der Waals surface area contributed by atoms with Crippen molar-refractivity contribution in [2.45, 2.75) is 49.8 Å². The Morgan fingerprint density at radius 2 is 1.93 bits per heavy atom. The lowest BCUT2D eigenvalue weighted by atomic mass is 10.0. The van der Waals surface area contributed by atoms with E-state index >= 15 is 0 Å². The van der Waals surface area contributed by atoms with Gasteiger partial charge in [0.15, 0.2) is 6.29 Å². The predicted molar refractivity (Wildman–Crippen MR) is 56.8 cm³/mol. The van der Waals surface area contributed by atoms with Crippen LogP contribution in [0.3, 0.4) is 0 Å². The average molecular weight is 238 g/mol. The summed E-state index contributed by atoms with van der Waals surface area (Å²) in [6, 6.07) is 0. The predicted octanol–water partition coefficient (Wildman–Crippen LogP) is -0.851. The van der Waals surface area contributed by atoms with Gasteiger partial charge in [0.05, 0.1) is 24.1 Å². The molecule has 0 amide bonds. The third-order valence-corrected chi connectivity index (χ3v) is 2.87. The van der Waals surface area contributed by atoms with Gasteiger partial charge in [-0.15, -0.1) is 0 Å². The smallest absolute Gasteiger partial charge is 0.185 e. The van der Waals surface area contributed by atoms with E-state index in [4.69, 9.17) is 14.6 Å². The van der Waals surface area contributed by atoms with E-state index in [2.05, 4.69) is 12.6 Å². The second-order valence-electron chi connectivity index (χ2n) is 3.88. The molecule has 90 valence electrons. The molecular formula is C9H18O5S. The highest BCUT2D eigenvalue weighted by molar-refractivity contribution is 7.81. The molecule has 15 heavy (non-hydrogen) atoms. The van der Waals surface area contributed by atoms with Gasteiger partial charge in [0.2, 0.25) is 0 Å². The van der Waals surface area contributed by atoms with Crippen LogP contribution in [0.5, 0.6) is 0 Å². The maximum absolute atomic E-state index is 9.70. The Morgan fingerprint density at radius 1 is 1.33 bits per heavy atom. The van der Waals surface area contributed by atoms with Crippen molar-refractivity contribution in [2.75, 3.05) is 6.61 Å².